The summed E-state index contributed by atoms with van der Waals surface area (Å²) >= 11 is 0. The minimum absolute atomic E-state index is 0.105. The van der Waals surface area contributed by atoms with Gasteiger partial charge in [-0.25, -0.2) is 4.39 Å². The van der Waals surface area contributed by atoms with E-state index >= 15 is 0 Å². The molecule has 0 spiro atoms. The molecule has 4 rings (SSSR count). The lowest BCUT2D eigenvalue weighted by molar-refractivity contribution is -0.135. The molecule has 1 amide bonds. The van der Waals surface area contributed by atoms with Crippen molar-refractivity contribution in [2.24, 2.45) is 5.92 Å². The first kappa shape index (κ1) is 27.4. The lowest BCUT2D eigenvalue weighted by Crippen LogP contribution is -2.50. The molecule has 1 aliphatic carbocycles. The molecule has 0 saturated carbocycles. The Labute approximate surface area is 223 Å². The molecule has 2 atom stereocenters. The molecular formula is C30H38FN3O2S. The Hall–Kier alpha value is -2.61. The van der Waals surface area contributed by atoms with Crippen molar-refractivity contribution in [1.82, 2.24) is 14.7 Å². The number of rotatable bonds is 8. The number of halogens is 1. The molecule has 2 aromatic carbocycles. The second kappa shape index (κ2) is 11.8. The standard InChI is InChI=1S/C30H38FN3O2S/c1-21-27(19-23-7-10-25(11-8-23)37(5)36)26-12-9-24(31)20-28(26)29(21)22(2)30(35)34-17-15-33(16-18-34)14-6-13-32(3)4/h7-12,19-20,22H,6,13-18H2,1-5H3/b27-19-. The van der Waals surface area contributed by atoms with Crippen LogP contribution in [0, 0.1) is 11.7 Å². The summed E-state index contributed by atoms with van der Waals surface area (Å²) < 4.78 is 26.1. The third-order valence-corrected chi connectivity index (χ3v) is 8.40. The first-order valence-corrected chi connectivity index (χ1v) is 14.5. The fourth-order valence-corrected chi connectivity index (χ4v) is 5.91. The maximum Gasteiger partial charge on any atom is 0.229 e. The summed E-state index contributed by atoms with van der Waals surface area (Å²) in [5.41, 5.74) is 5.64. The molecule has 0 N–H and O–H groups in total. The van der Waals surface area contributed by atoms with Crippen LogP contribution < -0.4 is 0 Å². The molecule has 2 aliphatic rings. The fraction of sp³-hybridized carbons (Fsp3) is 0.433. The quantitative estimate of drug-likeness (QED) is 0.507. The van der Waals surface area contributed by atoms with Gasteiger partial charge in [0.05, 0.1) is 5.92 Å². The third kappa shape index (κ3) is 6.28. The number of carbonyl (C=O) groups is 1. The molecule has 1 saturated heterocycles. The summed E-state index contributed by atoms with van der Waals surface area (Å²) in [7, 11) is 3.15. The van der Waals surface area contributed by atoms with Gasteiger partial charge in [-0.1, -0.05) is 18.2 Å². The van der Waals surface area contributed by atoms with Crippen LogP contribution in [0.4, 0.5) is 4.39 Å². The van der Waals surface area contributed by atoms with Crippen molar-refractivity contribution in [1.29, 1.82) is 0 Å². The van der Waals surface area contributed by atoms with Crippen molar-refractivity contribution in [3.63, 3.8) is 0 Å². The zero-order valence-corrected chi connectivity index (χ0v) is 23.4. The van der Waals surface area contributed by atoms with E-state index in [0.29, 0.717) is 0 Å². The summed E-state index contributed by atoms with van der Waals surface area (Å²) in [6, 6.07) is 12.5. The lowest BCUT2D eigenvalue weighted by atomic mass is 9.92. The Morgan fingerprint density at radius 1 is 1.08 bits per heavy atom. The molecule has 0 aromatic heterocycles. The molecule has 1 fully saturated rings. The second-order valence-electron chi connectivity index (χ2n) is 10.4. The molecule has 2 aromatic rings. The number of allylic oxidation sites excluding steroid dienone is 2. The van der Waals surface area contributed by atoms with E-state index in [4.69, 9.17) is 0 Å². The Bertz CT molecular complexity index is 1230. The first-order valence-electron chi connectivity index (χ1n) is 13.0. The van der Waals surface area contributed by atoms with Gasteiger partial charge in [0, 0.05) is 48.1 Å². The number of hydrogen-bond donors (Lipinski definition) is 0. The van der Waals surface area contributed by atoms with Crippen molar-refractivity contribution >= 4 is 33.9 Å². The minimum Gasteiger partial charge on any atom is -0.340 e. The van der Waals surface area contributed by atoms with E-state index < -0.39 is 10.8 Å². The Kier molecular flexibility index (Phi) is 8.78. The van der Waals surface area contributed by atoms with Gasteiger partial charge >= 0.3 is 0 Å². The van der Waals surface area contributed by atoms with E-state index in [1.54, 1.807) is 12.3 Å². The normalized spacial score (nSPS) is 19.0. The highest BCUT2D eigenvalue weighted by Gasteiger charge is 2.33. The SMILES string of the molecule is CC1=C(C(C)C(=O)N2CCN(CCCN(C)C)CC2)c2cc(F)ccc2/C1=C\c1ccc(S(C)=O)cc1. The Balaban J connectivity index is 1.55. The van der Waals surface area contributed by atoms with Gasteiger partial charge in [-0.05, 0) is 111 Å². The van der Waals surface area contributed by atoms with Gasteiger partial charge in [0.15, 0.2) is 0 Å². The second-order valence-corrected chi connectivity index (χ2v) is 11.7. The molecule has 7 heteroatoms. The fourth-order valence-electron chi connectivity index (χ4n) is 5.39. The molecule has 1 heterocycles. The first-order chi connectivity index (χ1) is 17.7. The van der Waals surface area contributed by atoms with Crippen molar-refractivity contribution in [3.05, 3.63) is 70.5 Å². The monoisotopic (exact) mass is 523 g/mol. The van der Waals surface area contributed by atoms with Gasteiger partial charge in [-0.15, -0.1) is 0 Å². The number of carbonyl (C=O) groups excluding carboxylic acids is 1. The zero-order valence-electron chi connectivity index (χ0n) is 22.6. The average Bonchev–Trinajstić information content (AvgIpc) is 3.13. The van der Waals surface area contributed by atoms with Crippen molar-refractivity contribution in [3.8, 4) is 0 Å². The lowest BCUT2D eigenvalue weighted by Gasteiger charge is -2.36. The topological polar surface area (TPSA) is 43.9 Å². The van der Waals surface area contributed by atoms with Crippen LogP contribution in [-0.4, -0.2) is 84.4 Å². The van der Waals surface area contributed by atoms with Crippen LogP contribution >= 0.6 is 0 Å². The molecule has 5 nitrogen and oxygen atoms in total. The molecule has 198 valence electrons. The highest BCUT2D eigenvalue weighted by Crippen LogP contribution is 2.46. The summed E-state index contributed by atoms with van der Waals surface area (Å²) in [6.07, 6.45) is 4.86. The molecule has 37 heavy (non-hydrogen) atoms. The molecule has 2 unspecified atom stereocenters. The molecule has 0 bridgehead atoms. The van der Waals surface area contributed by atoms with Gasteiger partial charge in [0.1, 0.15) is 5.82 Å². The predicted molar refractivity (Wildman–Crippen MR) is 151 cm³/mol. The van der Waals surface area contributed by atoms with Crippen LogP contribution in [0.15, 0.2) is 52.9 Å². The van der Waals surface area contributed by atoms with E-state index in [1.165, 1.54) is 6.07 Å². The average molecular weight is 524 g/mol. The minimum atomic E-state index is -1.03. The summed E-state index contributed by atoms with van der Waals surface area (Å²) in [5, 5.41) is 0. The summed E-state index contributed by atoms with van der Waals surface area (Å²) in [4.78, 5) is 21.0. The van der Waals surface area contributed by atoms with Gasteiger partial charge in [-0.2, -0.15) is 0 Å². The van der Waals surface area contributed by atoms with E-state index in [0.717, 1.165) is 84.0 Å². The third-order valence-electron chi connectivity index (χ3n) is 7.46. The number of piperazine rings is 1. The van der Waals surface area contributed by atoms with E-state index in [2.05, 4.69) is 30.0 Å². The maximum absolute atomic E-state index is 14.4. The number of fused-ring (bicyclic) bond motifs is 1. The van der Waals surface area contributed by atoms with Crippen LogP contribution in [0.5, 0.6) is 0 Å². The zero-order chi connectivity index (χ0) is 26.7. The van der Waals surface area contributed by atoms with Crippen molar-refractivity contribution < 1.29 is 13.4 Å². The number of amides is 1. The van der Waals surface area contributed by atoms with Gasteiger partial charge in [0.25, 0.3) is 0 Å². The predicted octanol–water partition coefficient (Wildman–Crippen LogP) is 4.62. The highest BCUT2D eigenvalue weighted by atomic mass is 32.2. The molecular weight excluding hydrogens is 485 g/mol. The summed E-state index contributed by atoms with van der Waals surface area (Å²) in [6.45, 7) is 9.32. The maximum atomic E-state index is 14.4. The number of nitrogens with zero attached hydrogens (tertiary/aromatic N) is 3. The van der Waals surface area contributed by atoms with E-state index in [1.807, 2.05) is 49.1 Å². The van der Waals surface area contributed by atoms with E-state index in [-0.39, 0.29) is 17.6 Å². The van der Waals surface area contributed by atoms with Crippen LogP contribution in [0.1, 0.15) is 37.0 Å². The summed E-state index contributed by atoms with van der Waals surface area (Å²) in [5.74, 6) is -0.559. The Morgan fingerprint density at radius 2 is 1.76 bits per heavy atom. The Morgan fingerprint density at radius 3 is 2.38 bits per heavy atom. The highest BCUT2D eigenvalue weighted by molar-refractivity contribution is 7.84. The molecule has 1 aliphatic heterocycles. The number of hydrogen-bond acceptors (Lipinski definition) is 4. The van der Waals surface area contributed by atoms with Gasteiger partial charge < -0.3 is 9.80 Å². The largest absolute Gasteiger partial charge is 0.340 e. The van der Waals surface area contributed by atoms with Crippen LogP contribution in [0.2, 0.25) is 0 Å². The van der Waals surface area contributed by atoms with Crippen LogP contribution in [-0.2, 0) is 15.6 Å². The molecule has 0 radical (unpaired) electrons. The van der Waals surface area contributed by atoms with Gasteiger partial charge in [0.2, 0.25) is 5.91 Å². The van der Waals surface area contributed by atoms with Gasteiger partial charge in [-0.3, -0.25) is 13.9 Å². The van der Waals surface area contributed by atoms with E-state index in [9.17, 15) is 13.4 Å². The van der Waals surface area contributed by atoms with Crippen molar-refractivity contribution in [2.45, 2.75) is 25.2 Å². The van der Waals surface area contributed by atoms with Crippen LogP contribution in [0.25, 0.3) is 17.2 Å². The number of benzene rings is 2. The van der Waals surface area contributed by atoms with Crippen LogP contribution in [0.3, 0.4) is 0 Å². The smallest absolute Gasteiger partial charge is 0.229 e. The van der Waals surface area contributed by atoms with Crippen molar-refractivity contribution in [2.75, 3.05) is 59.6 Å².